The molecule has 2 amide bonds. The number of carbonyl (C=O) groups is 2. The van der Waals surface area contributed by atoms with Crippen LogP contribution < -0.4 is 10.6 Å². The maximum atomic E-state index is 13.4. The molecule has 0 fully saturated rings. The monoisotopic (exact) mass is 413 g/mol. The van der Waals surface area contributed by atoms with Crippen LogP contribution in [0.2, 0.25) is 0 Å². The fourth-order valence-electron chi connectivity index (χ4n) is 2.26. The van der Waals surface area contributed by atoms with Crippen molar-refractivity contribution in [2.24, 2.45) is 0 Å². The second kappa shape index (κ2) is 7.88. The van der Waals surface area contributed by atoms with E-state index in [1.54, 1.807) is 48.8 Å². The molecule has 0 radical (unpaired) electrons. The van der Waals surface area contributed by atoms with Crippen molar-refractivity contribution in [1.82, 2.24) is 4.98 Å². The highest BCUT2D eigenvalue weighted by Crippen LogP contribution is 2.18. The number of pyridine rings is 1. The molecular weight excluding hydrogens is 401 g/mol. The minimum absolute atomic E-state index is 0.170. The summed E-state index contributed by atoms with van der Waals surface area (Å²) in [5.41, 5.74) is 1.59. The molecule has 1 heterocycles. The molecule has 26 heavy (non-hydrogen) atoms. The predicted molar refractivity (Wildman–Crippen MR) is 101 cm³/mol. The smallest absolute Gasteiger partial charge is 0.255 e. The van der Waals surface area contributed by atoms with Gasteiger partial charge in [0, 0.05) is 39.4 Å². The minimum atomic E-state index is -0.519. The molecule has 3 aromatic rings. The van der Waals surface area contributed by atoms with Crippen molar-refractivity contribution >= 4 is 39.1 Å². The molecule has 5 nitrogen and oxygen atoms in total. The van der Waals surface area contributed by atoms with Crippen LogP contribution in [0.1, 0.15) is 20.7 Å². The van der Waals surface area contributed by atoms with Crippen LogP contribution in [-0.2, 0) is 0 Å². The maximum absolute atomic E-state index is 13.4. The third-order valence-electron chi connectivity index (χ3n) is 3.45. The lowest BCUT2D eigenvalue weighted by Crippen LogP contribution is -2.15. The number of aromatic nitrogens is 1. The van der Waals surface area contributed by atoms with Gasteiger partial charge in [-0.2, -0.15) is 0 Å². The van der Waals surface area contributed by atoms with E-state index in [1.165, 1.54) is 12.1 Å². The predicted octanol–water partition coefficient (Wildman–Crippen LogP) is 4.49. The van der Waals surface area contributed by atoms with Crippen LogP contribution in [0, 0.1) is 5.82 Å². The van der Waals surface area contributed by atoms with Crippen molar-refractivity contribution in [3.63, 3.8) is 0 Å². The lowest BCUT2D eigenvalue weighted by atomic mass is 10.1. The Kier molecular flexibility index (Phi) is 5.38. The van der Waals surface area contributed by atoms with Crippen LogP contribution >= 0.6 is 15.9 Å². The van der Waals surface area contributed by atoms with Gasteiger partial charge >= 0.3 is 0 Å². The number of benzene rings is 2. The molecule has 0 aliphatic heterocycles. The summed E-state index contributed by atoms with van der Waals surface area (Å²) in [6.45, 7) is 0. The molecule has 0 unspecified atom stereocenters. The lowest BCUT2D eigenvalue weighted by Gasteiger charge is -2.09. The van der Waals surface area contributed by atoms with Gasteiger partial charge in [0.2, 0.25) is 0 Å². The van der Waals surface area contributed by atoms with Gasteiger partial charge in [0.1, 0.15) is 5.82 Å². The quantitative estimate of drug-likeness (QED) is 0.661. The van der Waals surface area contributed by atoms with Crippen molar-refractivity contribution in [2.75, 3.05) is 10.6 Å². The van der Waals surface area contributed by atoms with Gasteiger partial charge in [-0.3, -0.25) is 14.6 Å². The Morgan fingerprint density at radius 3 is 2.27 bits per heavy atom. The molecule has 3 rings (SSSR count). The molecule has 0 spiro atoms. The van der Waals surface area contributed by atoms with Crippen LogP contribution in [-0.4, -0.2) is 16.8 Å². The summed E-state index contributed by atoms with van der Waals surface area (Å²) in [5.74, 6) is -1.31. The first kappa shape index (κ1) is 17.8. The fourth-order valence-corrected chi connectivity index (χ4v) is 2.73. The van der Waals surface area contributed by atoms with Gasteiger partial charge in [0.05, 0.1) is 0 Å². The summed E-state index contributed by atoms with van der Waals surface area (Å²) in [6.07, 6.45) is 3.15. The van der Waals surface area contributed by atoms with Gasteiger partial charge < -0.3 is 10.6 Å². The molecule has 2 aromatic carbocycles. The molecule has 0 saturated heterocycles. The number of rotatable bonds is 4. The number of anilines is 2. The number of nitrogens with zero attached hydrogens (tertiary/aromatic N) is 1. The third-order valence-corrected chi connectivity index (χ3v) is 3.90. The standard InChI is InChI=1S/C19H13BrFN3O2/c20-14-8-13(9-15(21)11-14)19(26)24-17-3-1-2-12(10-17)18(25)23-16-4-6-22-7-5-16/h1-11H,(H,24,26)(H,22,23,25). The van der Waals surface area contributed by atoms with Gasteiger partial charge in [0.25, 0.3) is 11.8 Å². The number of halogens is 2. The zero-order valence-corrected chi connectivity index (χ0v) is 15.0. The molecule has 0 atom stereocenters. The lowest BCUT2D eigenvalue weighted by molar-refractivity contribution is 0.101. The van der Waals surface area contributed by atoms with Crippen LogP contribution in [0.3, 0.4) is 0 Å². The van der Waals surface area contributed by atoms with Crippen LogP contribution in [0.25, 0.3) is 0 Å². The van der Waals surface area contributed by atoms with E-state index in [2.05, 4.69) is 31.5 Å². The van der Waals surface area contributed by atoms with Crippen molar-refractivity contribution in [3.8, 4) is 0 Å². The van der Waals surface area contributed by atoms with E-state index in [-0.39, 0.29) is 11.5 Å². The second-order valence-electron chi connectivity index (χ2n) is 5.38. The Labute approximate surface area is 157 Å². The summed E-state index contributed by atoms with van der Waals surface area (Å²) >= 11 is 3.15. The first-order valence-corrected chi connectivity index (χ1v) is 8.39. The molecule has 130 valence electrons. The van der Waals surface area contributed by atoms with Gasteiger partial charge in [-0.1, -0.05) is 22.0 Å². The molecular formula is C19H13BrFN3O2. The maximum Gasteiger partial charge on any atom is 0.255 e. The van der Waals surface area contributed by atoms with Crippen LogP contribution in [0.15, 0.2) is 71.5 Å². The molecule has 0 aliphatic carbocycles. The summed E-state index contributed by atoms with van der Waals surface area (Å²) in [7, 11) is 0. The van der Waals surface area contributed by atoms with Crippen molar-refractivity contribution in [3.05, 3.63) is 88.4 Å². The molecule has 0 bridgehead atoms. The van der Waals surface area contributed by atoms with E-state index in [0.717, 1.165) is 6.07 Å². The van der Waals surface area contributed by atoms with E-state index >= 15 is 0 Å². The highest BCUT2D eigenvalue weighted by Gasteiger charge is 2.11. The number of nitrogens with one attached hydrogen (secondary N) is 2. The van der Waals surface area contributed by atoms with Crippen LogP contribution in [0.5, 0.6) is 0 Å². The normalized spacial score (nSPS) is 10.2. The Hall–Kier alpha value is -3.06. The highest BCUT2D eigenvalue weighted by atomic mass is 79.9. The number of hydrogen-bond acceptors (Lipinski definition) is 3. The Morgan fingerprint density at radius 2 is 1.54 bits per heavy atom. The Balaban J connectivity index is 1.74. The average molecular weight is 414 g/mol. The summed E-state index contributed by atoms with van der Waals surface area (Å²) < 4.78 is 13.9. The van der Waals surface area contributed by atoms with Crippen molar-refractivity contribution < 1.29 is 14.0 Å². The summed E-state index contributed by atoms with van der Waals surface area (Å²) in [5, 5.41) is 5.39. The third kappa shape index (κ3) is 4.52. The zero-order valence-electron chi connectivity index (χ0n) is 13.4. The Bertz CT molecular complexity index is 944. The first-order valence-electron chi connectivity index (χ1n) is 7.60. The SMILES string of the molecule is O=C(Nc1cccc(C(=O)Nc2ccncc2)c1)c1cc(F)cc(Br)c1. The number of hydrogen-bond donors (Lipinski definition) is 2. The first-order chi connectivity index (χ1) is 12.5. The molecule has 0 aliphatic rings. The van der Waals surface area contributed by atoms with Crippen molar-refractivity contribution in [1.29, 1.82) is 0 Å². The molecule has 2 N–H and O–H groups in total. The van der Waals surface area contributed by atoms with Crippen LogP contribution in [0.4, 0.5) is 15.8 Å². The minimum Gasteiger partial charge on any atom is -0.322 e. The van der Waals surface area contributed by atoms with E-state index in [1.807, 2.05) is 0 Å². The molecule has 0 saturated carbocycles. The van der Waals surface area contributed by atoms with Gasteiger partial charge in [0.15, 0.2) is 0 Å². The van der Waals surface area contributed by atoms with Crippen molar-refractivity contribution in [2.45, 2.75) is 0 Å². The topological polar surface area (TPSA) is 71.1 Å². The van der Waals surface area contributed by atoms with Gasteiger partial charge in [-0.25, -0.2) is 4.39 Å². The van der Waals surface area contributed by atoms with Gasteiger partial charge in [-0.05, 0) is 48.5 Å². The van der Waals surface area contributed by atoms with E-state index in [0.29, 0.717) is 21.4 Å². The van der Waals surface area contributed by atoms with E-state index < -0.39 is 11.7 Å². The highest BCUT2D eigenvalue weighted by molar-refractivity contribution is 9.10. The van der Waals surface area contributed by atoms with E-state index in [9.17, 15) is 14.0 Å². The average Bonchev–Trinajstić information content (AvgIpc) is 2.62. The number of amides is 2. The summed E-state index contributed by atoms with van der Waals surface area (Å²) in [6, 6.07) is 13.7. The molecule has 7 heteroatoms. The second-order valence-corrected chi connectivity index (χ2v) is 6.30. The fraction of sp³-hybridized carbons (Fsp3) is 0. The summed E-state index contributed by atoms with van der Waals surface area (Å²) in [4.78, 5) is 28.5. The van der Waals surface area contributed by atoms with Gasteiger partial charge in [-0.15, -0.1) is 0 Å². The molecule has 1 aromatic heterocycles. The van der Waals surface area contributed by atoms with E-state index in [4.69, 9.17) is 0 Å². The largest absolute Gasteiger partial charge is 0.322 e. The number of carbonyl (C=O) groups excluding carboxylic acids is 2. The Morgan fingerprint density at radius 1 is 0.846 bits per heavy atom. The zero-order chi connectivity index (χ0) is 18.5.